The average Bonchev–Trinajstić information content (AvgIpc) is 3.07. The van der Waals surface area contributed by atoms with Crippen LogP contribution in [0.3, 0.4) is 0 Å². The van der Waals surface area contributed by atoms with Gasteiger partial charge in [0.1, 0.15) is 18.1 Å². The monoisotopic (exact) mass is 715 g/mol. The zero-order chi connectivity index (χ0) is 35.7. The number of Topliss-reactive ketones (excluding diaryl/α,β-unsaturated/α-hetero) is 1. The van der Waals surface area contributed by atoms with Crippen LogP contribution >= 0.6 is 11.6 Å². The molecule has 0 radical (unpaired) electrons. The number of carbonyl (C=O) groups is 2. The molecule has 49 heavy (non-hydrogen) atoms. The number of rotatable bonds is 14. The molecule has 2 aromatic carbocycles. The van der Waals surface area contributed by atoms with Crippen molar-refractivity contribution >= 4 is 39.0 Å². The van der Waals surface area contributed by atoms with E-state index in [0.29, 0.717) is 42.7 Å². The minimum Gasteiger partial charge on any atom is -0.487 e. The Labute approximate surface area is 298 Å². The molecule has 1 fully saturated rings. The van der Waals surface area contributed by atoms with Crippen LogP contribution in [0.4, 0.5) is 5.69 Å². The molecule has 1 N–H and O–H groups in total. The number of allylic oxidation sites excluding steroid dienone is 2. The van der Waals surface area contributed by atoms with Gasteiger partial charge in [0.2, 0.25) is 10.0 Å². The summed E-state index contributed by atoms with van der Waals surface area (Å²) in [4.78, 5) is 30.2. The number of amides is 1. The summed E-state index contributed by atoms with van der Waals surface area (Å²) in [5, 5.41) is -0.128. The van der Waals surface area contributed by atoms with E-state index < -0.39 is 21.2 Å². The first-order valence-corrected chi connectivity index (χ1v) is 19.4. The first-order valence-electron chi connectivity index (χ1n) is 17.5. The van der Waals surface area contributed by atoms with Crippen molar-refractivity contribution in [2.75, 3.05) is 45.7 Å². The van der Waals surface area contributed by atoms with Gasteiger partial charge in [-0.05, 0) is 107 Å². The summed E-state index contributed by atoms with van der Waals surface area (Å²) in [6, 6.07) is 11.0. The highest BCUT2D eigenvalue weighted by Crippen LogP contribution is 2.37. The van der Waals surface area contributed by atoms with Gasteiger partial charge in [-0.2, -0.15) is 0 Å². The fourth-order valence-electron chi connectivity index (χ4n) is 6.56. The third kappa shape index (κ3) is 10.8. The lowest BCUT2D eigenvalue weighted by Crippen LogP contribution is -2.43. The molecule has 1 aliphatic carbocycles. The Morgan fingerprint density at radius 2 is 1.86 bits per heavy atom. The van der Waals surface area contributed by atoms with Gasteiger partial charge in [-0.25, -0.2) is 13.1 Å². The first kappa shape index (κ1) is 38.9. The number of hydrogen-bond acceptors (Lipinski definition) is 8. The molecule has 0 aromatic heterocycles. The predicted molar refractivity (Wildman–Crippen MR) is 197 cm³/mol. The maximum Gasteiger partial charge on any atom is 0.264 e. The Morgan fingerprint density at radius 3 is 2.55 bits per heavy atom. The van der Waals surface area contributed by atoms with Gasteiger partial charge in [0.25, 0.3) is 5.91 Å². The second-order valence-corrected chi connectivity index (χ2v) is 16.6. The van der Waals surface area contributed by atoms with Crippen molar-refractivity contribution in [3.63, 3.8) is 0 Å². The first-order chi connectivity index (χ1) is 23.3. The Kier molecular flexibility index (Phi) is 14.1. The van der Waals surface area contributed by atoms with Crippen molar-refractivity contribution in [2.45, 2.75) is 83.7 Å². The van der Waals surface area contributed by atoms with Gasteiger partial charge >= 0.3 is 0 Å². The molecule has 1 heterocycles. The number of benzene rings is 2. The molecule has 2 aromatic rings. The summed E-state index contributed by atoms with van der Waals surface area (Å²) in [5.41, 5.74) is 3.26. The van der Waals surface area contributed by atoms with E-state index in [1.54, 1.807) is 32.2 Å². The van der Waals surface area contributed by atoms with Crippen LogP contribution in [0.25, 0.3) is 0 Å². The number of methoxy groups -OCH3 is 1. The Morgan fingerprint density at radius 1 is 1.08 bits per heavy atom. The van der Waals surface area contributed by atoms with Crippen LogP contribution in [0.15, 0.2) is 48.6 Å². The minimum atomic E-state index is -3.99. The molecule has 11 heteroatoms. The number of ether oxygens (including phenoxy) is 2. The summed E-state index contributed by atoms with van der Waals surface area (Å²) in [7, 11) is 1.63. The molecule has 1 aliphatic heterocycles. The van der Waals surface area contributed by atoms with E-state index >= 15 is 0 Å². The number of anilines is 1. The zero-order valence-corrected chi connectivity index (χ0v) is 31.5. The summed E-state index contributed by atoms with van der Waals surface area (Å²) < 4.78 is 41.2. The lowest BCUT2D eigenvalue weighted by molar-refractivity contribution is -0.121. The second-order valence-electron chi connectivity index (χ2n) is 14.1. The van der Waals surface area contributed by atoms with Gasteiger partial charge in [0.05, 0.1) is 17.0 Å². The Balaban J connectivity index is 1.49. The molecule has 0 saturated heterocycles. The van der Waals surface area contributed by atoms with Gasteiger partial charge in [-0.15, -0.1) is 0 Å². The smallest absolute Gasteiger partial charge is 0.264 e. The van der Waals surface area contributed by atoms with E-state index in [-0.39, 0.29) is 29.3 Å². The standard InChI is InChI=1S/C38H54ClN3O6S/c1-26(11-7-8-13-35(43)27(2)23-41(4)5)28(3)49(45,46)40-38(44)30-15-19-37-34(22-30)42(24-31-16-18-36(31)47-6)20-10-9-12-29-21-33(39)17-14-32(29)25-48-37/h7-8,14-15,17,19,21-22,26-28,31,36H,9-13,16,18,20,23-25H2,1-6H3,(H,40,44)/b8-7+/t26-,27+,28+,31-,36+/m0/s1. The molecule has 0 spiro atoms. The van der Waals surface area contributed by atoms with Crippen molar-refractivity contribution in [3.05, 3.63) is 70.3 Å². The van der Waals surface area contributed by atoms with Crippen LogP contribution in [-0.2, 0) is 32.6 Å². The van der Waals surface area contributed by atoms with Crippen LogP contribution in [0.1, 0.15) is 80.8 Å². The van der Waals surface area contributed by atoms with Crippen LogP contribution in [-0.4, -0.2) is 77.2 Å². The van der Waals surface area contributed by atoms with E-state index in [4.69, 9.17) is 21.1 Å². The van der Waals surface area contributed by atoms with Crippen LogP contribution in [0.5, 0.6) is 5.75 Å². The van der Waals surface area contributed by atoms with Gasteiger partial charge < -0.3 is 19.3 Å². The van der Waals surface area contributed by atoms with E-state index in [1.165, 1.54) is 5.56 Å². The summed E-state index contributed by atoms with van der Waals surface area (Å²) in [6.45, 7) is 7.90. The van der Waals surface area contributed by atoms with E-state index in [2.05, 4.69) is 9.62 Å². The third-order valence-corrected chi connectivity index (χ3v) is 12.2. The quantitative estimate of drug-likeness (QED) is 0.216. The number of fused-ring (bicyclic) bond motifs is 2. The maximum atomic E-state index is 13.5. The van der Waals surface area contributed by atoms with Crippen molar-refractivity contribution in [2.24, 2.45) is 17.8 Å². The molecule has 5 atom stereocenters. The lowest BCUT2D eigenvalue weighted by atomic mass is 9.81. The van der Waals surface area contributed by atoms with Crippen molar-refractivity contribution < 1.29 is 27.5 Å². The molecular weight excluding hydrogens is 662 g/mol. The van der Waals surface area contributed by atoms with E-state index in [1.807, 2.05) is 63.2 Å². The molecule has 0 unspecified atom stereocenters. The summed E-state index contributed by atoms with van der Waals surface area (Å²) >= 11 is 6.32. The maximum absolute atomic E-state index is 13.5. The topological polar surface area (TPSA) is 105 Å². The molecule has 270 valence electrons. The van der Waals surface area contributed by atoms with Crippen molar-refractivity contribution in [1.29, 1.82) is 0 Å². The van der Waals surface area contributed by atoms with Crippen molar-refractivity contribution in [3.8, 4) is 5.75 Å². The zero-order valence-electron chi connectivity index (χ0n) is 29.9. The van der Waals surface area contributed by atoms with E-state index in [9.17, 15) is 18.0 Å². The van der Waals surface area contributed by atoms with Crippen LogP contribution in [0.2, 0.25) is 5.02 Å². The van der Waals surface area contributed by atoms with Gasteiger partial charge in [0.15, 0.2) is 0 Å². The van der Waals surface area contributed by atoms with Crippen molar-refractivity contribution in [1.82, 2.24) is 9.62 Å². The minimum absolute atomic E-state index is 0.0714. The lowest BCUT2D eigenvalue weighted by Gasteiger charge is -2.40. The van der Waals surface area contributed by atoms with Gasteiger partial charge in [0, 0.05) is 55.6 Å². The second kappa shape index (κ2) is 17.8. The van der Waals surface area contributed by atoms with Crippen LogP contribution in [0, 0.1) is 17.8 Å². The molecule has 2 aliphatic rings. The number of carbonyl (C=O) groups excluding carboxylic acids is 2. The highest BCUT2D eigenvalue weighted by atomic mass is 35.5. The van der Waals surface area contributed by atoms with Gasteiger partial charge in [-0.3, -0.25) is 9.59 Å². The molecule has 0 bridgehead atoms. The molecular formula is C38H54ClN3O6S. The number of nitrogens with one attached hydrogen (secondary N) is 1. The molecule has 1 saturated carbocycles. The Bertz CT molecular complexity index is 1580. The highest BCUT2D eigenvalue weighted by Gasteiger charge is 2.34. The third-order valence-electron chi connectivity index (χ3n) is 10.1. The number of aryl methyl sites for hydroxylation is 1. The number of sulfonamides is 1. The van der Waals surface area contributed by atoms with Gasteiger partial charge in [-0.1, -0.05) is 43.7 Å². The van der Waals surface area contributed by atoms with E-state index in [0.717, 1.165) is 56.4 Å². The number of nitrogens with zero attached hydrogens (tertiary/aromatic N) is 2. The predicted octanol–water partition coefficient (Wildman–Crippen LogP) is 6.67. The molecule has 1 amide bonds. The fraction of sp³-hybridized carbons (Fsp3) is 0.579. The number of halogens is 1. The molecule has 4 rings (SSSR count). The number of hydrogen-bond donors (Lipinski definition) is 1. The fourth-order valence-corrected chi connectivity index (χ4v) is 8.04. The summed E-state index contributed by atoms with van der Waals surface area (Å²) in [5.74, 6) is 0.116. The highest BCUT2D eigenvalue weighted by molar-refractivity contribution is 7.90. The number of ketones is 1. The Hall–Kier alpha value is -2.92. The normalized spacial score (nSPS) is 20.3. The largest absolute Gasteiger partial charge is 0.487 e. The van der Waals surface area contributed by atoms with Crippen LogP contribution < -0.4 is 14.4 Å². The average molecular weight is 716 g/mol. The summed E-state index contributed by atoms with van der Waals surface area (Å²) in [6.07, 6.45) is 9.50. The SMILES string of the molecule is CO[C@@H]1CC[C@H]1CN1CCCCc2cc(Cl)ccc2COc2ccc(C(=O)NS(=O)(=O)[C@H](C)[C@@H](C)C/C=C/CC(=O)[C@H](C)CN(C)C)cc21. The molecule has 9 nitrogen and oxygen atoms in total.